The summed E-state index contributed by atoms with van der Waals surface area (Å²) < 4.78 is 35.4. The van der Waals surface area contributed by atoms with E-state index in [0.717, 1.165) is 16.2 Å². The molecular formula is C9H6F3NaO2S. The monoisotopic (exact) mass is 258 g/mol. The van der Waals surface area contributed by atoms with Crippen molar-refractivity contribution >= 4 is 17.1 Å². The van der Waals surface area contributed by atoms with Crippen LogP contribution in [0.3, 0.4) is 0 Å². The van der Waals surface area contributed by atoms with Crippen LogP contribution < -0.4 is 34.7 Å². The van der Waals surface area contributed by atoms with Crippen LogP contribution in [0.4, 0.5) is 13.2 Å². The van der Waals surface area contributed by atoms with Crippen molar-refractivity contribution < 1.29 is 52.6 Å². The Hall–Kier alpha value is -0.300. The molecule has 82 valence electrons. The first kappa shape index (κ1) is 15.7. The van der Waals surface area contributed by atoms with Crippen LogP contribution >= 0.6 is 11.3 Å². The first-order chi connectivity index (χ1) is 6.80. The Morgan fingerprint density at radius 2 is 2.00 bits per heavy atom. The molecule has 1 aromatic heterocycles. The maximum atomic E-state index is 11.8. The van der Waals surface area contributed by atoms with Gasteiger partial charge in [-0.25, -0.2) is 0 Å². The van der Waals surface area contributed by atoms with Crippen LogP contribution in [0.15, 0.2) is 24.0 Å². The molecule has 7 heteroatoms. The van der Waals surface area contributed by atoms with E-state index in [1.165, 1.54) is 6.07 Å². The molecule has 0 amide bonds. The van der Waals surface area contributed by atoms with E-state index in [9.17, 15) is 23.1 Å². The second kappa shape index (κ2) is 5.86. The van der Waals surface area contributed by atoms with Crippen molar-refractivity contribution in [3.8, 4) is 0 Å². The van der Waals surface area contributed by atoms with Gasteiger partial charge in [0.25, 0.3) is 0 Å². The number of alkyl halides is 3. The van der Waals surface area contributed by atoms with Gasteiger partial charge >= 0.3 is 35.7 Å². The van der Waals surface area contributed by atoms with E-state index in [1.807, 2.05) is 0 Å². The summed E-state index contributed by atoms with van der Waals surface area (Å²) in [5.41, 5.74) is 0. The minimum atomic E-state index is -4.98. The number of aryl methyl sites for hydroxylation is 1. The first-order valence-corrected chi connectivity index (χ1v) is 4.69. The molecule has 1 rings (SSSR count). The fraction of sp³-hybridized carbons (Fsp3) is 0.222. The van der Waals surface area contributed by atoms with Crippen molar-refractivity contribution in [2.45, 2.75) is 13.1 Å². The van der Waals surface area contributed by atoms with Crippen molar-refractivity contribution in [1.82, 2.24) is 0 Å². The number of carbonyl (C=O) groups excluding carboxylic acids is 1. The van der Waals surface area contributed by atoms with Crippen LogP contribution in [-0.4, -0.2) is 12.0 Å². The Morgan fingerprint density at radius 3 is 2.38 bits per heavy atom. The van der Waals surface area contributed by atoms with Gasteiger partial charge in [0.2, 0.25) is 0 Å². The zero-order valence-corrected chi connectivity index (χ0v) is 11.4. The Balaban J connectivity index is 0.00000225. The average molecular weight is 258 g/mol. The van der Waals surface area contributed by atoms with Gasteiger partial charge in [0.1, 0.15) is 0 Å². The largest absolute Gasteiger partial charge is 1.00 e. The zero-order chi connectivity index (χ0) is 11.6. The molecule has 0 aromatic carbocycles. The van der Waals surface area contributed by atoms with E-state index in [4.69, 9.17) is 0 Å². The number of carbonyl (C=O) groups is 1. The maximum Gasteiger partial charge on any atom is 1.00 e. The summed E-state index contributed by atoms with van der Waals surface area (Å²) in [6.07, 6.45) is -4.91. The van der Waals surface area contributed by atoms with Gasteiger partial charge in [-0.05, 0) is 30.9 Å². The molecule has 0 fully saturated rings. The SMILES string of the molecule is Cc1ccc(C(=O)/C=C(\[O-])C(F)(F)F)s1.[Na+]. The fourth-order valence-corrected chi connectivity index (χ4v) is 1.62. The van der Waals surface area contributed by atoms with Crippen molar-refractivity contribution in [1.29, 1.82) is 0 Å². The first-order valence-electron chi connectivity index (χ1n) is 3.87. The Kier molecular flexibility index (Phi) is 5.75. The number of hydrogen-bond acceptors (Lipinski definition) is 3. The van der Waals surface area contributed by atoms with E-state index >= 15 is 0 Å². The number of ketones is 1. The van der Waals surface area contributed by atoms with Gasteiger partial charge in [0.15, 0.2) is 5.78 Å². The minimum absolute atomic E-state index is 0. The predicted molar refractivity (Wildman–Crippen MR) is 47.5 cm³/mol. The topological polar surface area (TPSA) is 40.1 Å². The summed E-state index contributed by atoms with van der Waals surface area (Å²) in [4.78, 5) is 12.1. The number of rotatable bonds is 2. The van der Waals surface area contributed by atoms with Crippen LogP contribution in [0, 0.1) is 6.92 Å². The molecule has 0 saturated carbocycles. The second-order valence-corrected chi connectivity index (χ2v) is 4.07. The molecule has 0 aliphatic carbocycles. The molecule has 0 bridgehead atoms. The number of hydrogen-bond donors (Lipinski definition) is 0. The van der Waals surface area contributed by atoms with Gasteiger partial charge < -0.3 is 5.11 Å². The minimum Gasteiger partial charge on any atom is -0.869 e. The molecule has 0 atom stereocenters. The molecule has 0 spiro atoms. The zero-order valence-electron chi connectivity index (χ0n) is 8.59. The summed E-state index contributed by atoms with van der Waals surface area (Å²) in [7, 11) is 0. The van der Waals surface area contributed by atoms with Crippen LogP contribution in [0.1, 0.15) is 14.5 Å². The van der Waals surface area contributed by atoms with Gasteiger partial charge in [-0.15, -0.1) is 11.3 Å². The average Bonchev–Trinajstić information content (AvgIpc) is 2.50. The van der Waals surface area contributed by atoms with Crippen LogP contribution in [0.5, 0.6) is 0 Å². The van der Waals surface area contributed by atoms with E-state index in [0.29, 0.717) is 0 Å². The Labute approximate surface area is 116 Å². The van der Waals surface area contributed by atoms with Crippen LogP contribution in [0.25, 0.3) is 0 Å². The standard InChI is InChI=1S/C9H7F3O2S.Na/c1-5-2-3-7(15-5)6(13)4-8(14)9(10,11)12;/h2-4,14H,1H3;/q;+1/p-1/b8-4-;. The third-order valence-electron chi connectivity index (χ3n) is 1.52. The number of halogens is 3. The maximum absolute atomic E-state index is 11.8. The van der Waals surface area contributed by atoms with Crippen molar-refractivity contribution in [3.63, 3.8) is 0 Å². The smallest absolute Gasteiger partial charge is 0.869 e. The summed E-state index contributed by atoms with van der Waals surface area (Å²) in [6, 6.07) is 2.99. The summed E-state index contributed by atoms with van der Waals surface area (Å²) >= 11 is 1.05. The molecular weight excluding hydrogens is 252 g/mol. The van der Waals surface area contributed by atoms with E-state index in [-0.39, 0.29) is 40.5 Å². The second-order valence-electron chi connectivity index (χ2n) is 2.78. The van der Waals surface area contributed by atoms with Gasteiger partial charge in [0.05, 0.1) is 4.88 Å². The van der Waals surface area contributed by atoms with E-state index in [1.54, 1.807) is 13.0 Å². The van der Waals surface area contributed by atoms with Crippen LogP contribution in [-0.2, 0) is 0 Å². The molecule has 16 heavy (non-hydrogen) atoms. The molecule has 2 nitrogen and oxygen atoms in total. The summed E-state index contributed by atoms with van der Waals surface area (Å²) in [5, 5.41) is 10.5. The molecule has 0 radical (unpaired) electrons. The molecule has 1 aromatic rings. The van der Waals surface area contributed by atoms with Gasteiger partial charge in [-0.1, -0.05) is 0 Å². The van der Waals surface area contributed by atoms with Gasteiger partial charge in [0, 0.05) is 4.88 Å². The van der Waals surface area contributed by atoms with Crippen LogP contribution in [0.2, 0.25) is 0 Å². The molecule has 0 aliphatic heterocycles. The van der Waals surface area contributed by atoms with Gasteiger partial charge in [-0.2, -0.15) is 13.2 Å². The molecule has 0 aliphatic rings. The quantitative estimate of drug-likeness (QED) is 0.297. The fourth-order valence-electron chi connectivity index (χ4n) is 0.839. The normalized spacial score (nSPS) is 12.1. The molecule has 0 unspecified atom stereocenters. The Morgan fingerprint density at radius 1 is 1.44 bits per heavy atom. The third kappa shape index (κ3) is 4.29. The van der Waals surface area contributed by atoms with Gasteiger partial charge in [-0.3, -0.25) is 4.79 Å². The predicted octanol–water partition coefficient (Wildman–Crippen LogP) is -0.950. The van der Waals surface area contributed by atoms with E-state index < -0.39 is 17.7 Å². The third-order valence-corrected chi connectivity index (χ3v) is 2.54. The molecule has 1 heterocycles. The Bertz CT molecular complexity index is 409. The van der Waals surface area contributed by atoms with E-state index in [2.05, 4.69) is 0 Å². The summed E-state index contributed by atoms with van der Waals surface area (Å²) in [5.74, 6) is -3.03. The van der Waals surface area contributed by atoms with Crippen molar-refractivity contribution in [2.75, 3.05) is 0 Å². The number of allylic oxidation sites excluding steroid dienone is 2. The molecule has 0 saturated heterocycles. The van der Waals surface area contributed by atoms with Crippen molar-refractivity contribution in [2.24, 2.45) is 0 Å². The summed E-state index contributed by atoms with van der Waals surface area (Å²) in [6.45, 7) is 1.72. The van der Waals surface area contributed by atoms with Crippen molar-refractivity contribution in [3.05, 3.63) is 33.7 Å². The molecule has 0 N–H and O–H groups in total. The number of thiophene rings is 1.